The molecule has 5 nitrogen and oxygen atoms in total. The molecule has 0 saturated heterocycles. The molecule has 84 valence electrons. The van der Waals surface area contributed by atoms with Gasteiger partial charge in [0.2, 0.25) is 0 Å². The molecule has 0 radical (unpaired) electrons. The minimum Gasteiger partial charge on any atom is -0.465 e. The Labute approximate surface area is 84.5 Å². The Balaban J connectivity index is 4.42. The van der Waals surface area contributed by atoms with Gasteiger partial charge < -0.3 is 10.5 Å². The first-order valence-electron chi connectivity index (χ1n) is 4.44. The molecule has 0 aliphatic heterocycles. The highest BCUT2D eigenvalue weighted by Gasteiger charge is 2.27. The van der Waals surface area contributed by atoms with Crippen LogP contribution in [0.25, 0.3) is 0 Å². The summed E-state index contributed by atoms with van der Waals surface area (Å²) < 4.78 is 27.5. The van der Waals surface area contributed by atoms with Crippen LogP contribution in [0.2, 0.25) is 0 Å². The molecule has 6 heteroatoms. The first-order valence-corrected chi connectivity index (χ1v) is 6.15. The summed E-state index contributed by atoms with van der Waals surface area (Å²) in [5.41, 5.74) is 5.44. The SMILES string of the molecule is CCOC(=O)CS(=O)(=O)C(C)C(C)N. The van der Waals surface area contributed by atoms with Crippen molar-refractivity contribution in [3.8, 4) is 0 Å². The maximum Gasteiger partial charge on any atom is 0.321 e. The lowest BCUT2D eigenvalue weighted by atomic mass is 10.3. The second-order valence-electron chi connectivity index (χ2n) is 3.18. The van der Waals surface area contributed by atoms with Crippen molar-refractivity contribution < 1.29 is 17.9 Å². The second-order valence-corrected chi connectivity index (χ2v) is 5.53. The van der Waals surface area contributed by atoms with E-state index in [1.54, 1.807) is 13.8 Å². The molecule has 2 unspecified atom stereocenters. The summed E-state index contributed by atoms with van der Waals surface area (Å²) in [5, 5.41) is -0.730. The monoisotopic (exact) mass is 223 g/mol. The highest BCUT2D eigenvalue weighted by atomic mass is 32.2. The van der Waals surface area contributed by atoms with Crippen LogP contribution < -0.4 is 5.73 Å². The Hall–Kier alpha value is -0.620. The summed E-state index contributed by atoms with van der Waals surface area (Å²) in [6.45, 7) is 4.88. The second kappa shape index (κ2) is 5.31. The molecule has 0 amide bonds. The predicted molar refractivity (Wildman–Crippen MR) is 53.5 cm³/mol. The van der Waals surface area contributed by atoms with E-state index < -0.39 is 32.9 Å². The molecule has 0 aliphatic rings. The largest absolute Gasteiger partial charge is 0.465 e. The first-order chi connectivity index (χ1) is 6.31. The van der Waals surface area contributed by atoms with Gasteiger partial charge >= 0.3 is 5.97 Å². The van der Waals surface area contributed by atoms with Crippen molar-refractivity contribution in [1.82, 2.24) is 0 Å². The van der Waals surface area contributed by atoms with Crippen molar-refractivity contribution >= 4 is 15.8 Å². The molecule has 0 spiro atoms. The third-order valence-corrected chi connectivity index (χ3v) is 4.13. The summed E-state index contributed by atoms with van der Waals surface area (Å²) >= 11 is 0. The zero-order valence-corrected chi connectivity index (χ0v) is 9.50. The topological polar surface area (TPSA) is 86.5 Å². The van der Waals surface area contributed by atoms with Crippen molar-refractivity contribution in [2.45, 2.75) is 32.1 Å². The van der Waals surface area contributed by atoms with E-state index in [1.807, 2.05) is 0 Å². The molecule has 0 bridgehead atoms. The van der Waals surface area contributed by atoms with Crippen LogP contribution in [0, 0.1) is 0 Å². The molecule has 0 aliphatic carbocycles. The molecule has 14 heavy (non-hydrogen) atoms. The van der Waals surface area contributed by atoms with Gasteiger partial charge in [0.1, 0.15) is 5.75 Å². The zero-order valence-electron chi connectivity index (χ0n) is 8.69. The van der Waals surface area contributed by atoms with Crippen LogP contribution in [0.3, 0.4) is 0 Å². The van der Waals surface area contributed by atoms with Gasteiger partial charge in [-0.2, -0.15) is 0 Å². The summed E-state index contributed by atoms with van der Waals surface area (Å²) in [6.07, 6.45) is 0. The van der Waals surface area contributed by atoms with Crippen molar-refractivity contribution in [3.05, 3.63) is 0 Å². The van der Waals surface area contributed by atoms with Crippen molar-refractivity contribution in [3.63, 3.8) is 0 Å². The van der Waals surface area contributed by atoms with Crippen LogP contribution in [0.5, 0.6) is 0 Å². The number of carbonyl (C=O) groups is 1. The average Bonchev–Trinajstić information content (AvgIpc) is 2.02. The lowest BCUT2D eigenvalue weighted by molar-refractivity contribution is -0.139. The zero-order chi connectivity index (χ0) is 11.4. The van der Waals surface area contributed by atoms with Gasteiger partial charge in [0, 0.05) is 6.04 Å². The van der Waals surface area contributed by atoms with Gasteiger partial charge in [0.15, 0.2) is 9.84 Å². The fourth-order valence-electron chi connectivity index (χ4n) is 0.825. The number of ether oxygens (including phenoxy) is 1. The highest BCUT2D eigenvalue weighted by Crippen LogP contribution is 2.05. The van der Waals surface area contributed by atoms with Crippen LogP contribution in [0.15, 0.2) is 0 Å². The van der Waals surface area contributed by atoms with Gasteiger partial charge in [-0.1, -0.05) is 0 Å². The number of hydrogen-bond donors (Lipinski definition) is 1. The smallest absolute Gasteiger partial charge is 0.321 e. The summed E-state index contributed by atoms with van der Waals surface area (Å²) in [7, 11) is -3.48. The Bertz CT molecular complexity index is 284. The number of nitrogens with two attached hydrogens (primary N) is 1. The number of sulfone groups is 1. The van der Waals surface area contributed by atoms with E-state index >= 15 is 0 Å². The fraction of sp³-hybridized carbons (Fsp3) is 0.875. The molecule has 0 aromatic rings. The standard InChI is InChI=1S/C8H17NO4S/c1-4-13-8(10)5-14(11,12)7(3)6(2)9/h6-7H,4-5,9H2,1-3H3. The number of hydrogen-bond acceptors (Lipinski definition) is 5. The first kappa shape index (κ1) is 13.4. The van der Waals surface area contributed by atoms with Gasteiger partial charge in [0.25, 0.3) is 0 Å². The molecule has 0 heterocycles. The summed E-state index contributed by atoms with van der Waals surface area (Å²) in [6, 6.07) is -0.491. The third kappa shape index (κ3) is 4.06. The molecule has 0 fully saturated rings. The van der Waals surface area contributed by atoms with Crippen molar-refractivity contribution in [2.75, 3.05) is 12.4 Å². The molecular formula is C8H17NO4S. The van der Waals surface area contributed by atoms with E-state index in [2.05, 4.69) is 4.74 Å². The molecule has 0 aromatic carbocycles. The molecule has 0 saturated carbocycles. The highest BCUT2D eigenvalue weighted by molar-refractivity contribution is 7.92. The maximum absolute atomic E-state index is 11.5. The Morgan fingerprint density at radius 1 is 1.43 bits per heavy atom. The van der Waals surface area contributed by atoms with Gasteiger partial charge in [-0.15, -0.1) is 0 Å². The summed E-state index contributed by atoms with van der Waals surface area (Å²) in [5.74, 6) is -1.32. The molecule has 0 aromatic heterocycles. The molecule has 2 atom stereocenters. The Kier molecular flexibility index (Phi) is 5.07. The molecular weight excluding hydrogens is 206 g/mol. The average molecular weight is 223 g/mol. The number of rotatable bonds is 5. The minimum absolute atomic E-state index is 0.181. The lowest BCUT2D eigenvalue weighted by Crippen LogP contribution is -2.38. The third-order valence-electron chi connectivity index (χ3n) is 1.93. The van der Waals surface area contributed by atoms with Crippen molar-refractivity contribution in [1.29, 1.82) is 0 Å². The Morgan fingerprint density at radius 2 is 1.93 bits per heavy atom. The quantitative estimate of drug-likeness (QED) is 0.647. The summed E-state index contributed by atoms with van der Waals surface area (Å²) in [4.78, 5) is 10.9. The Morgan fingerprint density at radius 3 is 2.29 bits per heavy atom. The fourth-order valence-corrected chi connectivity index (χ4v) is 2.15. The van der Waals surface area contributed by atoms with E-state index in [9.17, 15) is 13.2 Å². The van der Waals surface area contributed by atoms with Gasteiger partial charge in [0.05, 0.1) is 11.9 Å². The maximum atomic E-state index is 11.5. The van der Waals surface area contributed by atoms with E-state index in [-0.39, 0.29) is 6.61 Å². The van der Waals surface area contributed by atoms with E-state index in [4.69, 9.17) is 5.73 Å². The van der Waals surface area contributed by atoms with Crippen molar-refractivity contribution in [2.24, 2.45) is 5.73 Å². The van der Waals surface area contributed by atoms with Crippen LogP contribution in [0.1, 0.15) is 20.8 Å². The van der Waals surface area contributed by atoms with Crippen LogP contribution in [0.4, 0.5) is 0 Å². The molecule has 0 rings (SSSR count). The van der Waals surface area contributed by atoms with Crippen LogP contribution >= 0.6 is 0 Å². The predicted octanol–water partition coefficient (Wildman–Crippen LogP) is -0.300. The number of carbonyl (C=O) groups excluding carboxylic acids is 1. The minimum atomic E-state index is -3.48. The molecule has 2 N–H and O–H groups in total. The normalized spacial score (nSPS) is 16.0. The number of esters is 1. The van der Waals surface area contributed by atoms with Gasteiger partial charge in [-0.25, -0.2) is 8.42 Å². The van der Waals surface area contributed by atoms with Crippen LogP contribution in [-0.4, -0.2) is 38.0 Å². The van der Waals surface area contributed by atoms with Crippen LogP contribution in [-0.2, 0) is 19.4 Å². The lowest BCUT2D eigenvalue weighted by Gasteiger charge is -2.15. The van der Waals surface area contributed by atoms with E-state index in [0.29, 0.717) is 0 Å². The van der Waals surface area contributed by atoms with E-state index in [0.717, 1.165) is 0 Å². The van der Waals surface area contributed by atoms with Gasteiger partial charge in [-0.05, 0) is 20.8 Å². The van der Waals surface area contributed by atoms with E-state index in [1.165, 1.54) is 6.92 Å². The van der Waals surface area contributed by atoms with Gasteiger partial charge in [-0.3, -0.25) is 4.79 Å².